The second-order valence-electron chi connectivity index (χ2n) is 7.05. The number of nitrogens with two attached hydrogens (primary N) is 1. The normalized spacial score (nSPS) is 14.2. The van der Waals surface area contributed by atoms with Crippen LogP contribution in [0.15, 0.2) is 18.2 Å². The fraction of sp³-hybridized carbons (Fsp3) is 0.524. The molecule has 1 aromatic heterocycles. The first-order valence-corrected chi connectivity index (χ1v) is 10.0. The SMILES string of the molecule is CNc1nc(N)c(-c2ccc(OC)c(OCCCN3CCCC3)c2)c(COC)n1. The Labute approximate surface area is 172 Å². The number of benzene rings is 1. The fourth-order valence-corrected chi connectivity index (χ4v) is 3.62. The maximum absolute atomic E-state index is 6.25. The molecule has 1 aliphatic heterocycles. The summed E-state index contributed by atoms with van der Waals surface area (Å²) in [7, 11) is 5.03. The van der Waals surface area contributed by atoms with E-state index in [-0.39, 0.29) is 0 Å². The minimum atomic E-state index is 0.328. The number of nitrogens with one attached hydrogen (secondary N) is 1. The highest BCUT2D eigenvalue weighted by atomic mass is 16.5. The van der Waals surface area contributed by atoms with E-state index >= 15 is 0 Å². The van der Waals surface area contributed by atoms with E-state index in [1.807, 2.05) is 18.2 Å². The van der Waals surface area contributed by atoms with Gasteiger partial charge in [0, 0.05) is 26.3 Å². The number of hydrogen-bond acceptors (Lipinski definition) is 8. The molecule has 158 valence electrons. The highest BCUT2D eigenvalue weighted by Gasteiger charge is 2.17. The highest BCUT2D eigenvalue weighted by molar-refractivity contribution is 5.78. The number of likely N-dealkylation sites (tertiary alicyclic amines) is 1. The molecular weight excluding hydrogens is 370 g/mol. The van der Waals surface area contributed by atoms with E-state index in [2.05, 4.69) is 20.2 Å². The van der Waals surface area contributed by atoms with Crippen LogP contribution in [0, 0.1) is 0 Å². The number of rotatable bonds is 10. The van der Waals surface area contributed by atoms with Crippen molar-refractivity contribution in [2.75, 3.05) is 58.6 Å². The van der Waals surface area contributed by atoms with E-state index < -0.39 is 0 Å². The maximum Gasteiger partial charge on any atom is 0.224 e. The predicted molar refractivity (Wildman–Crippen MR) is 114 cm³/mol. The van der Waals surface area contributed by atoms with Gasteiger partial charge < -0.3 is 30.2 Å². The lowest BCUT2D eigenvalue weighted by Gasteiger charge is -2.17. The molecule has 0 spiro atoms. The van der Waals surface area contributed by atoms with Gasteiger partial charge in [-0.2, -0.15) is 4.98 Å². The summed E-state index contributed by atoms with van der Waals surface area (Å²) in [6.45, 7) is 4.42. The molecule has 1 saturated heterocycles. The Balaban J connectivity index is 1.80. The third-order valence-electron chi connectivity index (χ3n) is 5.04. The molecule has 8 nitrogen and oxygen atoms in total. The number of anilines is 2. The Morgan fingerprint density at radius 1 is 1.14 bits per heavy atom. The minimum absolute atomic E-state index is 0.328. The highest BCUT2D eigenvalue weighted by Crippen LogP contribution is 2.36. The first kappa shape index (κ1) is 21.1. The van der Waals surface area contributed by atoms with E-state index in [0.29, 0.717) is 36.5 Å². The van der Waals surface area contributed by atoms with E-state index in [1.165, 1.54) is 25.9 Å². The molecule has 0 amide bonds. The Morgan fingerprint density at radius 2 is 1.93 bits per heavy atom. The standard InChI is InChI=1S/C21H31N5O3/c1-23-21-24-16(14-27-2)19(20(22)25-21)15-7-8-17(28-3)18(13-15)29-12-6-11-26-9-4-5-10-26/h7-8,13H,4-6,9-12,14H2,1-3H3,(H3,22,23,24,25). The van der Waals surface area contributed by atoms with E-state index in [4.69, 9.17) is 19.9 Å². The maximum atomic E-state index is 6.25. The van der Waals surface area contributed by atoms with Crippen molar-refractivity contribution in [3.8, 4) is 22.6 Å². The van der Waals surface area contributed by atoms with Crippen LogP contribution >= 0.6 is 0 Å². The van der Waals surface area contributed by atoms with Crippen LogP contribution in [0.2, 0.25) is 0 Å². The quantitative estimate of drug-likeness (QED) is 0.587. The van der Waals surface area contributed by atoms with E-state index in [1.54, 1.807) is 21.3 Å². The summed E-state index contributed by atoms with van der Waals surface area (Å²) in [5, 5.41) is 2.93. The zero-order valence-electron chi connectivity index (χ0n) is 17.5. The van der Waals surface area contributed by atoms with E-state index in [9.17, 15) is 0 Å². The van der Waals surface area contributed by atoms with Gasteiger partial charge in [0.05, 0.1) is 26.0 Å². The molecule has 1 fully saturated rings. The second-order valence-corrected chi connectivity index (χ2v) is 7.05. The minimum Gasteiger partial charge on any atom is -0.493 e. The van der Waals surface area contributed by atoms with Crippen molar-refractivity contribution in [2.24, 2.45) is 0 Å². The van der Waals surface area contributed by atoms with Crippen LogP contribution in [0.5, 0.6) is 11.5 Å². The van der Waals surface area contributed by atoms with Crippen LogP contribution in [0.3, 0.4) is 0 Å². The largest absolute Gasteiger partial charge is 0.493 e. The summed E-state index contributed by atoms with van der Waals surface area (Å²) < 4.78 is 16.8. The fourth-order valence-electron chi connectivity index (χ4n) is 3.62. The first-order chi connectivity index (χ1) is 14.2. The molecule has 1 aliphatic rings. The van der Waals surface area contributed by atoms with Gasteiger partial charge >= 0.3 is 0 Å². The number of nitrogens with zero attached hydrogens (tertiary/aromatic N) is 3. The van der Waals surface area contributed by atoms with Crippen molar-refractivity contribution < 1.29 is 14.2 Å². The van der Waals surface area contributed by atoms with Gasteiger partial charge in [0.1, 0.15) is 5.82 Å². The molecule has 0 bridgehead atoms. The Hall–Kier alpha value is -2.58. The number of ether oxygens (including phenoxy) is 3. The van der Waals surface area contributed by atoms with Crippen LogP contribution < -0.4 is 20.5 Å². The Bertz CT molecular complexity index is 809. The van der Waals surface area contributed by atoms with Gasteiger partial charge in [-0.25, -0.2) is 4.98 Å². The van der Waals surface area contributed by atoms with Gasteiger partial charge in [0.25, 0.3) is 0 Å². The van der Waals surface area contributed by atoms with Gasteiger partial charge in [0.15, 0.2) is 11.5 Å². The first-order valence-electron chi connectivity index (χ1n) is 10.0. The number of hydrogen-bond donors (Lipinski definition) is 2. The molecule has 0 radical (unpaired) electrons. The summed E-state index contributed by atoms with van der Waals surface area (Å²) in [4.78, 5) is 11.3. The molecule has 3 rings (SSSR count). The number of methoxy groups -OCH3 is 2. The molecule has 1 aromatic carbocycles. The molecule has 3 N–H and O–H groups in total. The van der Waals surface area contributed by atoms with Crippen LogP contribution in [0.4, 0.5) is 11.8 Å². The molecular formula is C21H31N5O3. The summed E-state index contributed by atoms with van der Waals surface area (Å²) in [5.41, 5.74) is 8.58. The van der Waals surface area contributed by atoms with Crippen LogP contribution in [-0.4, -0.2) is 62.4 Å². The Morgan fingerprint density at radius 3 is 2.62 bits per heavy atom. The summed E-state index contributed by atoms with van der Waals surface area (Å²) >= 11 is 0. The zero-order valence-corrected chi connectivity index (χ0v) is 17.5. The van der Waals surface area contributed by atoms with Crippen molar-refractivity contribution in [3.63, 3.8) is 0 Å². The monoisotopic (exact) mass is 401 g/mol. The van der Waals surface area contributed by atoms with E-state index in [0.717, 1.165) is 29.8 Å². The smallest absolute Gasteiger partial charge is 0.224 e. The van der Waals surface area contributed by atoms with Gasteiger partial charge in [-0.05, 0) is 50.0 Å². The van der Waals surface area contributed by atoms with Crippen molar-refractivity contribution in [3.05, 3.63) is 23.9 Å². The summed E-state index contributed by atoms with van der Waals surface area (Å²) in [6, 6.07) is 5.75. The van der Waals surface area contributed by atoms with Gasteiger partial charge in [-0.1, -0.05) is 6.07 Å². The van der Waals surface area contributed by atoms with Crippen LogP contribution in [0.1, 0.15) is 25.0 Å². The molecule has 0 saturated carbocycles. The second kappa shape index (κ2) is 10.3. The molecule has 0 unspecified atom stereocenters. The van der Waals surface area contributed by atoms with Crippen molar-refractivity contribution in [1.82, 2.24) is 14.9 Å². The summed E-state index contributed by atoms with van der Waals surface area (Å²) in [6.07, 6.45) is 3.58. The predicted octanol–water partition coefficient (Wildman–Crippen LogP) is 2.79. The third-order valence-corrected chi connectivity index (χ3v) is 5.04. The molecule has 0 aliphatic carbocycles. The average molecular weight is 402 g/mol. The molecule has 29 heavy (non-hydrogen) atoms. The third kappa shape index (κ3) is 5.27. The van der Waals surface area contributed by atoms with Crippen molar-refractivity contribution >= 4 is 11.8 Å². The van der Waals surface area contributed by atoms with Crippen molar-refractivity contribution in [1.29, 1.82) is 0 Å². The molecule has 8 heteroatoms. The lowest BCUT2D eigenvalue weighted by Crippen LogP contribution is -2.21. The summed E-state index contributed by atoms with van der Waals surface area (Å²) in [5.74, 6) is 2.23. The number of nitrogen functional groups attached to an aromatic ring is 1. The lowest BCUT2D eigenvalue weighted by molar-refractivity contribution is 0.182. The Kier molecular flexibility index (Phi) is 7.48. The van der Waals surface area contributed by atoms with Gasteiger partial charge in [0.2, 0.25) is 5.95 Å². The topological polar surface area (TPSA) is 94.8 Å². The average Bonchev–Trinajstić information content (AvgIpc) is 3.24. The molecule has 0 atom stereocenters. The number of aromatic nitrogens is 2. The van der Waals surface area contributed by atoms with Gasteiger partial charge in [-0.3, -0.25) is 0 Å². The van der Waals surface area contributed by atoms with Gasteiger partial charge in [-0.15, -0.1) is 0 Å². The van der Waals surface area contributed by atoms with Crippen molar-refractivity contribution in [2.45, 2.75) is 25.9 Å². The molecule has 2 aromatic rings. The zero-order chi connectivity index (χ0) is 20.6. The lowest BCUT2D eigenvalue weighted by atomic mass is 10.0. The van der Waals surface area contributed by atoms with Crippen LogP contribution in [0.25, 0.3) is 11.1 Å². The van der Waals surface area contributed by atoms with Crippen LogP contribution in [-0.2, 0) is 11.3 Å². The molecule has 2 heterocycles.